The van der Waals surface area contributed by atoms with E-state index in [4.69, 9.17) is 9.47 Å². The van der Waals surface area contributed by atoms with Crippen molar-refractivity contribution in [2.24, 2.45) is 0 Å². The van der Waals surface area contributed by atoms with Crippen LogP contribution < -0.4 is 14.8 Å². The van der Waals surface area contributed by atoms with Gasteiger partial charge in [-0.2, -0.15) is 0 Å². The number of nitrogens with one attached hydrogen (secondary N) is 1. The van der Waals surface area contributed by atoms with Crippen molar-refractivity contribution in [3.05, 3.63) is 24.3 Å². The lowest BCUT2D eigenvalue weighted by atomic mass is 10.0. The van der Waals surface area contributed by atoms with Gasteiger partial charge in [0, 0.05) is 13.1 Å². The second-order valence-corrected chi connectivity index (χ2v) is 4.95. The van der Waals surface area contributed by atoms with Gasteiger partial charge >= 0.3 is 0 Å². The second kappa shape index (κ2) is 8.02. The van der Waals surface area contributed by atoms with Crippen LogP contribution in [0.2, 0.25) is 0 Å². The molecule has 0 aliphatic carbocycles. The monoisotopic (exact) mass is 267 g/mol. The molecule has 0 amide bonds. The fourth-order valence-corrected chi connectivity index (χ4v) is 1.90. The molecular formula is C15H25NO3. The third-order valence-electron chi connectivity index (χ3n) is 2.90. The van der Waals surface area contributed by atoms with E-state index >= 15 is 0 Å². The van der Waals surface area contributed by atoms with Crippen molar-refractivity contribution in [3.63, 3.8) is 0 Å². The van der Waals surface area contributed by atoms with Gasteiger partial charge in [0.05, 0.1) is 12.7 Å². The van der Waals surface area contributed by atoms with Crippen molar-refractivity contribution in [1.82, 2.24) is 5.32 Å². The predicted octanol–water partition coefficient (Wildman–Crippen LogP) is 2.21. The first kappa shape index (κ1) is 15.8. The zero-order chi connectivity index (χ0) is 14.1. The summed E-state index contributed by atoms with van der Waals surface area (Å²) in [6, 6.07) is 7.50. The highest BCUT2D eigenvalue weighted by Gasteiger charge is 2.17. The topological polar surface area (TPSA) is 50.7 Å². The Kier molecular flexibility index (Phi) is 6.67. The molecule has 0 radical (unpaired) electrons. The summed E-state index contributed by atoms with van der Waals surface area (Å²) in [6.45, 7) is 5.81. The molecule has 4 nitrogen and oxygen atoms in total. The van der Waals surface area contributed by atoms with Gasteiger partial charge in [-0.05, 0) is 37.6 Å². The van der Waals surface area contributed by atoms with Crippen molar-refractivity contribution in [1.29, 1.82) is 0 Å². The predicted molar refractivity (Wildman–Crippen MR) is 76.9 cm³/mol. The maximum absolute atomic E-state index is 9.97. The van der Waals surface area contributed by atoms with E-state index in [1.807, 2.05) is 31.2 Å². The lowest BCUT2D eigenvalue weighted by Crippen LogP contribution is -2.39. The fraction of sp³-hybridized carbons (Fsp3) is 0.600. The molecule has 2 N–H and O–H groups in total. The number of ether oxygens (including phenoxy) is 2. The Bertz CT molecular complexity index is 349. The summed E-state index contributed by atoms with van der Waals surface area (Å²) >= 11 is 0. The quantitative estimate of drug-likeness (QED) is 0.674. The van der Waals surface area contributed by atoms with Gasteiger partial charge < -0.3 is 19.9 Å². The summed E-state index contributed by atoms with van der Waals surface area (Å²) in [5.74, 6) is 1.64. The largest absolute Gasteiger partial charge is 0.497 e. The first-order valence-corrected chi connectivity index (χ1v) is 6.77. The normalized spacial score (nSPS) is 13.9. The minimum atomic E-state index is -0.630. The molecule has 0 aliphatic rings. The second-order valence-electron chi connectivity index (χ2n) is 4.95. The molecule has 0 bridgehead atoms. The van der Waals surface area contributed by atoms with Crippen LogP contribution in [-0.2, 0) is 0 Å². The number of rotatable bonds is 9. The average Bonchev–Trinajstić information content (AvgIpc) is 2.39. The van der Waals surface area contributed by atoms with E-state index in [0.29, 0.717) is 19.7 Å². The van der Waals surface area contributed by atoms with Crippen LogP contribution >= 0.6 is 0 Å². The number of aliphatic hydroxyl groups is 1. The van der Waals surface area contributed by atoms with Gasteiger partial charge in [0.2, 0.25) is 0 Å². The Morgan fingerprint density at radius 2 is 1.84 bits per heavy atom. The Morgan fingerprint density at radius 1 is 1.21 bits per heavy atom. The van der Waals surface area contributed by atoms with Crippen molar-refractivity contribution < 1.29 is 14.6 Å². The number of methoxy groups -OCH3 is 1. The van der Waals surface area contributed by atoms with Crippen LogP contribution in [0.5, 0.6) is 11.5 Å². The van der Waals surface area contributed by atoms with Crippen molar-refractivity contribution >= 4 is 0 Å². The first-order valence-electron chi connectivity index (χ1n) is 6.77. The summed E-state index contributed by atoms with van der Waals surface area (Å²) in [7, 11) is 1.64. The molecule has 19 heavy (non-hydrogen) atoms. The average molecular weight is 267 g/mol. The van der Waals surface area contributed by atoms with Gasteiger partial charge in [-0.25, -0.2) is 0 Å². The van der Waals surface area contributed by atoms with E-state index < -0.39 is 5.60 Å². The van der Waals surface area contributed by atoms with Crippen molar-refractivity contribution in [2.75, 3.05) is 26.8 Å². The molecule has 0 saturated heterocycles. The van der Waals surface area contributed by atoms with Gasteiger partial charge in [-0.3, -0.25) is 0 Å². The fourth-order valence-electron chi connectivity index (χ4n) is 1.90. The lowest BCUT2D eigenvalue weighted by Gasteiger charge is -2.23. The highest BCUT2D eigenvalue weighted by molar-refractivity contribution is 5.31. The van der Waals surface area contributed by atoms with Gasteiger partial charge in [0.1, 0.15) is 18.1 Å². The molecule has 0 spiro atoms. The first-order chi connectivity index (χ1) is 9.07. The summed E-state index contributed by atoms with van der Waals surface area (Å²) in [5, 5.41) is 13.2. The van der Waals surface area contributed by atoms with Gasteiger partial charge in [0.15, 0.2) is 0 Å². The van der Waals surface area contributed by atoms with E-state index in [1.54, 1.807) is 7.11 Å². The van der Waals surface area contributed by atoms with Crippen molar-refractivity contribution in [2.45, 2.75) is 32.3 Å². The minimum absolute atomic E-state index is 0.578. The van der Waals surface area contributed by atoms with Gasteiger partial charge in [-0.15, -0.1) is 0 Å². The van der Waals surface area contributed by atoms with E-state index in [9.17, 15) is 5.11 Å². The molecule has 1 atom stereocenters. The molecule has 1 aromatic carbocycles. The van der Waals surface area contributed by atoms with Crippen LogP contribution in [0.4, 0.5) is 0 Å². The van der Waals surface area contributed by atoms with Crippen LogP contribution in [0.3, 0.4) is 0 Å². The summed E-state index contributed by atoms with van der Waals surface area (Å²) in [5.41, 5.74) is -0.630. The van der Waals surface area contributed by atoms with Crippen LogP contribution in [0.25, 0.3) is 0 Å². The molecule has 0 unspecified atom stereocenters. The Morgan fingerprint density at radius 3 is 2.42 bits per heavy atom. The molecule has 4 heteroatoms. The Hall–Kier alpha value is -1.26. The van der Waals surface area contributed by atoms with E-state index in [-0.39, 0.29) is 0 Å². The maximum Gasteiger partial charge on any atom is 0.119 e. The standard InChI is InChI=1S/C15H25NO3/c1-4-9-15(2,17)12-16-10-11-19-14-7-5-13(18-3)6-8-14/h5-8,16-17H,4,9-12H2,1-3H3/t15-/m1/s1. The highest BCUT2D eigenvalue weighted by atomic mass is 16.5. The molecule has 0 aromatic heterocycles. The van der Waals surface area contributed by atoms with Crippen molar-refractivity contribution in [3.8, 4) is 11.5 Å². The number of benzene rings is 1. The van der Waals surface area contributed by atoms with Gasteiger partial charge in [-0.1, -0.05) is 13.3 Å². The smallest absolute Gasteiger partial charge is 0.119 e. The molecule has 1 rings (SSSR count). The molecule has 0 aliphatic heterocycles. The van der Waals surface area contributed by atoms with Crippen LogP contribution in [0.15, 0.2) is 24.3 Å². The minimum Gasteiger partial charge on any atom is -0.497 e. The zero-order valence-corrected chi connectivity index (χ0v) is 12.1. The SMILES string of the molecule is CCC[C@@](C)(O)CNCCOc1ccc(OC)cc1. The summed E-state index contributed by atoms with van der Waals surface area (Å²) in [6.07, 6.45) is 1.79. The zero-order valence-electron chi connectivity index (χ0n) is 12.1. The van der Waals surface area contributed by atoms with E-state index in [2.05, 4.69) is 12.2 Å². The van der Waals surface area contributed by atoms with E-state index in [0.717, 1.165) is 24.3 Å². The molecule has 0 saturated carbocycles. The van der Waals surface area contributed by atoms with Crippen LogP contribution in [0.1, 0.15) is 26.7 Å². The Balaban J connectivity index is 2.16. The third kappa shape index (κ3) is 6.45. The summed E-state index contributed by atoms with van der Waals surface area (Å²) < 4.78 is 10.7. The molecule has 108 valence electrons. The van der Waals surface area contributed by atoms with E-state index in [1.165, 1.54) is 0 Å². The molecule has 0 fully saturated rings. The highest BCUT2D eigenvalue weighted by Crippen LogP contribution is 2.16. The molecule has 0 heterocycles. The third-order valence-corrected chi connectivity index (χ3v) is 2.90. The van der Waals surface area contributed by atoms with Crippen LogP contribution in [-0.4, -0.2) is 37.5 Å². The van der Waals surface area contributed by atoms with Gasteiger partial charge in [0.25, 0.3) is 0 Å². The van der Waals surface area contributed by atoms with Crippen LogP contribution in [0, 0.1) is 0 Å². The Labute approximate surface area is 115 Å². The summed E-state index contributed by atoms with van der Waals surface area (Å²) in [4.78, 5) is 0. The number of hydrogen-bond donors (Lipinski definition) is 2. The maximum atomic E-state index is 9.97. The molecule has 1 aromatic rings. The molecular weight excluding hydrogens is 242 g/mol. The lowest BCUT2D eigenvalue weighted by molar-refractivity contribution is 0.0494. The number of hydrogen-bond acceptors (Lipinski definition) is 4.